The molecule has 1 N–H and O–H groups in total. The smallest absolute Gasteiger partial charge is 0.264 e. The molecule has 0 aromatic heterocycles. The van der Waals surface area contributed by atoms with Crippen LogP contribution in [0, 0.1) is 0 Å². The van der Waals surface area contributed by atoms with E-state index in [1.54, 1.807) is 36.4 Å². The summed E-state index contributed by atoms with van der Waals surface area (Å²) in [6.45, 7) is 1.60. The highest BCUT2D eigenvalue weighted by molar-refractivity contribution is 9.10. The van der Waals surface area contributed by atoms with Crippen LogP contribution in [-0.4, -0.2) is 20.9 Å². The molecule has 0 aliphatic heterocycles. The molecule has 1 aliphatic carbocycles. The Balaban J connectivity index is 1.57. The van der Waals surface area contributed by atoms with Crippen LogP contribution in [0.25, 0.3) is 0 Å². The molecule has 0 spiro atoms. The van der Waals surface area contributed by atoms with Gasteiger partial charge in [0.05, 0.1) is 16.6 Å². The van der Waals surface area contributed by atoms with Crippen molar-refractivity contribution in [3.63, 3.8) is 0 Å². The van der Waals surface area contributed by atoms with Crippen molar-refractivity contribution in [2.45, 2.75) is 37.1 Å². The Labute approximate surface area is 197 Å². The molecule has 3 aromatic rings. The van der Waals surface area contributed by atoms with Gasteiger partial charge < -0.3 is 5.32 Å². The third-order valence-corrected chi connectivity index (χ3v) is 8.00. The molecule has 166 valence electrons. The zero-order valence-electron chi connectivity index (χ0n) is 17.8. The maximum absolute atomic E-state index is 13.4. The number of carbonyl (C=O) groups is 1. The van der Waals surface area contributed by atoms with Crippen LogP contribution in [0.1, 0.15) is 36.1 Å². The van der Waals surface area contributed by atoms with Gasteiger partial charge in [-0.25, -0.2) is 8.42 Å². The van der Waals surface area contributed by atoms with E-state index < -0.39 is 10.0 Å². The summed E-state index contributed by atoms with van der Waals surface area (Å²) in [5.41, 5.74) is 4.16. The number of nitrogens with zero attached hydrogens (tertiary/aromatic N) is 1. The lowest BCUT2D eigenvalue weighted by Gasteiger charge is -2.25. The first kappa shape index (κ1) is 22.6. The molecule has 0 unspecified atom stereocenters. The molecule has 4 rings (SSSR count). The lowest BCUT2D eigenvalue weighted by atomic mass is 10.0. The number of nitrogens with one attached hydrogen (secondary N) is 1. The minimum absolute atomic E-state index is 0.138. The Kier molecular flexibility index (Phi) is 6.67. The Hall–Kier alpha value is -2.64. The summed E-state index contributed by atoms with van der Waals surface area (Å²) in [4.78, 5) is 13.1. The molecule has 0 radical (unpaired) electrons. The number of sulfonamides is 1. The second kappa shape index (κ2) is 9.46. The number of fused-ring (bicyclic) bond motifs is 1. The first-order valence-electron chi connectivity index (χ1n) is 10.6. The van der Waals surface area contributed by atoms with E-state index in [-0.39, 0.29) is 23.4 Å². The molecule has 1 amide bonds. The van der Waals surface area contributed by atoms with Gasteiger partial charge in [-0.15, -0.1) is 0 Å². The average molecular weight is 513 g/mol. The Bertz CT molecular complexity index is 1230. The second-order valence-corrected chi connectivity index (χ2v) is 10.8. The number of carbonyl (C=O) groups excluding carboxylic acids is 1. The number of hydrogen-bond donors (Lipinski definition) is 1. The molecule has 0 fully saturated rings. The van der Waals surface area contributed by atoms with Crippen molar-refractivity contribution < 1.29 is 13.2 Å². The SMILES string of the molecule is C[C@@H](NC(=O)CN(c1cccc(Br)c1)S(=O)(=O)c1ccccc1)c1ccc2c(c1)CCC2. The van der Waals surface area contributed by atoms with Gasteiger partial charge in [-0.3, -0.25) is 9.10 Å². The number of anilines is 1. The summed E-state index contributed by atoms with van der Waals surface area (Å²) in [7, 11) is -3.92. The van der Waals surface area contributed by atoms with E-state index in [9.17, 15) is 13.2 Å². The fourth-order valence-corrected chi connectivity index (χ4v) is 5.85. The Morgan fingerprint density at radius 1 is 1.00 bits per heavy atom. The molecule has 0 bridgehead atoms. The first-order valence-corrected chi connectivity index (χ1v) is 12.8. The van der Waals surface area contributed by atoms with Gasteiger partial charge in [0.2, 0.25) is 5.91 Å². The summed E-state index contributed by atoms with van der Waals surface area (Å²) in [6.07, 6.45) is 3.34. The number of hydrogen-bond acceptors (Lipinski definition) is 3. The summed E-state index contributed by atoms with van der Waals surface area (Å²) in [5.74, 6) is -0.363. The van der Waals surface area contributed by atoms with Crippen molar-refractivity contribution in [2.24, 2.45) is 0 Å². The van der Waals surface area contributed by atoms with Crippen LogP contribution >= 0.6 is 15.9 Å². The molecule has 0 heterocycles. The van der Waals surface area contributed by atoms with Gasteiger partial charge in [0.25, 0.3) is 10.0 Å². The maximum Gasteiger partial charge on any atom is 0.264 e. The second-order valence-electron chi connectivity index (χ2n) is 7.98. The molecule has 1 aliphatic rings. The van der Waals surface area contributed by atoms with Gasteiger partial charge in [-0.1, -0.05) is 58.4 Å². The van der Waals surface area contributed by atoms with Crippen molar-refractivity contribution in [1.82, 2.24) is 5.32 Å². The minimum atomic E-state index is -3.92. The van der Waals surface area contributed by atoms with Crippen LogP contribution < -0.4 is 9.62 Å². The third kappa shape index (κ3) is 4.89. The van der Waals surface area contributed by atoms with E-state index in [0.717, 1.165) is 27.2 Å². The van der Waals surface area contributed by atoms with Gasteiger partial charge in [0.1, 0.15) is 6.54 Å². The minimum Gasteiger partial charge on any atom is -0.348 e. The van der Waals surface area contributed by atoms with Gasteiger partial charge in [-0.05, 0) is 73.2 Å². The van der Waals surface area contributed by atoms with Gasteiger partial charge in [0, 0.05) is 4.47 Å². The lowest BCUT2D eigenvalue weighted by molar-refractivity contribution is -0.120. The maximum atomic E-state index is 13.4. The normalized spacial score (nSPS) is 13.9. The van der Waals surface area contributed by atoms with Crippen LogP contribution in [0.4, 0.5) is 5.69 Å². The number of rotatable bonds is 7. The predicted octanol–water partition coefficient (Wildman–Crippen LogP) is 5.01. The zero-order valence-corrected chi connectivity index (χ0v) is 20.2. The summed E-state index contributed by atoms with van der Waals surface area (Å²) < 4.78 is 28.7. The molecule has 32 heavy (non-hydrogen) atoms. The van der Waals surface area contributed by atoms with Crippen LogP contribution in [0.5, 0.6) is 0 Å². The van der Waals surface area contributed by atoms with E-state index in [0.29, 0.717) is 5.69 Å². The van der Waals surface area contributed by atoms with Crippen LogP contribution in [0.2, 0.25) is 0 Å². The first-order chi connectivity index (χ1) is 15.3. The summed E-state index contributed by atoms with van der Waals surface area (Å²) in [5, 5.41) is 2.97. The van der Waals surface area contributed by atoms with Crippen molar-refractivity contribution in [1.29, 1.82) is 0 Å². The van der Waals surface area contributed by atoms with Gasteiger partial charge >= 0.3 is 0 Å². The number of amides is 1. The predicted molar refractivity (Wildman–Crippen MR) is 130 cm³/mol. The van der Waals surface area contributed by atoms with E-state index >= 15 is 0 Å². The number of halogens is 1. The standard InChI is InChI=1S/C25H25BrN2O3S/c1-18(20-14-13-19-7-5-8-21(19)15-20)27-25(29)17-28(23-10-6-9-22(26)16-23)32(30,31)24-11-3-2-4-12-24/h2-4,6,9-16,18H,5,7-8,17H2,1H3,(H,27,29)/t18-/m1/s1. The van der Waals surface area contributed by atoms with Crippen LogP contribution in [0.3, 0.4) is 0 Å². The van der Waals surface area contributed by atoms with Crippen molar-refractivity contribution >= 4 is 37.5 Å². The van der Waals surface area contributed by atoms with Crippen molar-refractivity contribution in [3.8, 4) is 0 Å². The van der Waals surface area contributed by atoms with E-state index in [4.69, 9.17) is 0 Å². The quantitative estimate of drug-likeness (QED) is 0.483. The fourth-order valence-electron chi connectivity index (χ4n) is 4.03. The zero-order chi connectivity index (χ0) is 22.7. The fraction of sp³-hybridized carbons (Fsp3) is 0.240. The van der Waals surface area contributed by atoms with E-state index in [1.807, 2.05) is 19.1 Å². The molecule has 5 nitrogen and oxygen atoms in total. The van der Waals surface area contributed by atoms with Gasteiger partial charge in [0.15, 0.2) is 0 Å². The Morgan fingerprint density at radius 2 is 1.75 bits per heavy atom. The Morgan fingerprint density at radius 3 is 2.50 bits per heavy atom. The van der Waals surface area contributed by atoms with E-state index in [2.05, 4.69) is 33.4 Å². The monoisotopic (exact) mass is 512 g/mol. The topological polar surface area (TPSA) is 66.5 Å². The number of benzene rings is 3. The molecular weight excluding hydrogens is 488 g/mol. The van der Waals surface area contributed by atoms with Crippen molar-refractivity contribution in [3.05, 3.63) is 94.0 Å². The molecular formula is C25H25BrN2O3S. The van der Waals surface area contributed by atoms with Crippen LogP contribution in [0.15, 0.2) is 82.2 Å². The van der Waals surface area contributed by atoms with E-state index in [1.165, 1.54) is 29.7 Å². The van der Waals surface area contributed by atoms with Gasteiger partial charge in [-0.2, -0.15) is 0 Å². The highest BCUT2D eigenvalue weighted by atomic mass is 79.9. The molecule has 1 atom stereocenters. The van der Waals surface area contributed by atoms with Crippen LogP contribution in [-0.2, 0) is 27.7 Å². The highest BCUT2D eigenvalue weighted by Gasteiger charge is 2.28. The largest absolute Gasteiger partial charge is 0.348 e. The average Bonchev–Trinajstić information content (AvgIpc) is 3.26. The summed E-state index contributed by atoms with van der Waals surface area (Å²) in [6, 6.07) is 21.2. The number of aryl methyl sites for hydroxylation is 2. The molecule has 0 saturated heterocycles. The highest BCUT2D eigenvalue weighted by Crippen LogP contribution is 2.27. The molecule has 3 aromatic carbocycles. The lowest BCUT2D eigenvalue weighted by Crippen LogP contribution is -2.41. The third-order valence-electron chi connectivity index (χ3n) is 5.71. The summed E-state index contributed by atoms with van der Waals surface area (Å²) >= 11 is 3.39. The molecule has 0 saturated carbocycles. The molecule has 7 heteroatoms. The van der Waals surface area contributed by atoms with Crippen molar-refractivity contribution in [2.75, 3.05) is 10.8 Å².